The number of imidazole rings is 1. The number of aromatic nitrogens is 2. The van der Waals surface area contributed by atoms with Crippen LogP contribution in [0.15, 0.2) is 59.8 Å². The molecule has 0 aliphatic rings. The zero-order valence-electron chi connectivity index (χ0n) is 16.0. The van der Waals surface area contributed by atoms with E-state index in [9.17, 15) is 17.6 Å². The molecule has 0 unspecified atom stereocenters. The van der Waals surface area contributed by atoms with E-state index >= 15 is 0 Å². The average Bonchev–Trinajstić information content (AvgIpc) is 3.14. The van der Waals surface area contributed by atoms with Crippen LogP contribution < -0.4 is 10.0 Å². The summed E-state index contributed by atoms with van der Waals surface area (Å²) < 4.78 is 42.5. The first-order valence-electron chi connectivity index (χ1n) is 8.90. The lowest BCUT2D eigenvalue weighted by atomic mass is 10.2. The van der Waals surface area contributed by atoms with E-state index in [1.165, 1.54) is 36.4 Å². The van der Waals surface area contributed by atoms with Crippen LogP contribution in [0.3, 0.4) is 0 Å². The lowest BCUT2D eigenvalue weighted by Crippen LogP contribution is -2.24. The van der Waals surface area contributed by atoms with Gasteiger partial charge in [-0.3, -0.25) is 4.79 Å². The summed E-state index contributed by atoms with van der Waals surface area (Å²) in [5.74, 6) is -0.413. The quantitative estimate of drug-likeness (QED) is 0.563. The number of nitriles is 1. The summed E-state index contributed by atoms with van der Waals surface area (Å²) in [7, 11) is -3.76. The lowest BCUT2D eigenvalue weighted by Gasteiger charge is -2.10. The van der Waals surface area contributed by atoms with E-state index in [1.54, 1.807) is 30.0 Å². The number of aryl methyl sites for hydroxylation is 1. The molecule has 2 N–H and O–H groups in total. The summed E-state index contributed by atoms with van der Waals surface area (Å²) in [5.41, 5.74) is 0.774. The Kier molecular flexibility index (Phi) is 6.25. The Morgan fingerprint density at radius 1 is 1.23 bits per heavy atom. The first kappa shape index (κ1) is 21.2. The number of nitrogens with zero attached hydrogens (tertiary/aromatic N) is 3. The molecule has 1 heterocycles. The highest BCUT2D eigenvalue weighted by molar-refractivity contribution is 7.89. The van der Waals surface area contributed by atoms with Crippen molar-refractivity contribution in [2.24, 2.45) is 0 Å². The SMILES string of the molecule is Cc1nccn1-c1ccc(NC(=O)c2ccc(S(=O)(=O)NCCC#N)cc2)cc1F. The largest absolute Gasteiger partial charge is 0.322 e. The number of carbonyl (C=O) groups is 1. The van der Waals surface area contributed by atoms with Crippen LogP contribution in [0, 0.1) is 24.1 Å². The molecular weight excluding hydrogens is 409 g/mol. The van der Waals surface area contributed by atoms with E-state index in [0.717, 1.165) is 0 Å². The third-order valence-corrected chi connectivity index (χ3v) is 5.72. The Morgan fingerprint density at radius 2 is 1.97 bits per heavy atom. The molecule has 1 amide bonds. The molecule has 3 rings (SSSR count). The number of hydrogen-bond acceptors (Lipinski definition) is 5. The Morgan fingerprint density at radius 3 is 2.57 bits per heavy atom. The molecule has 154 valence electrons. The van der Waals surface area contributed by atoms with Crippen molar-refractivity contribution in [2.75, 3.05) is 11.9 Å². The Hall–Kier alpha value is -3.55. The number of anilines is 1. The molecule has 0 radical (unpaired) electrons. The number of benzene rings is 2. The molecule has 1 aromatic heterocycles. The fraction of sp³-hybridized carbons (Fsp3) is 0.150. The van der Waals surface area contributed by atoms with E-state index < -0.39 is 21.7 Å². The third kappa shape index (κ3) is 4.71. The number of nitrogens with one attached hydrogen (secondary N) is 2. The van der Waals surface area contributed by atoms with Crippen molar-refractivity contribution >= 4 is 21.6 Å². The van der Waals surface area contributed by atoms with Crippen LogP contribution in [-0.4, -0.2) is 30.4 Å². The lowest BCUT2D eigenvalue weighted by molar-refractivity contribution is 0.102. The number of sulfonamides is 1. The van der Waals surface area contributed by atoms with Gasteiger partial charge >= 0.3 is 0 Å². The first-order valence-corrected chi connectivity index (χ1v) is 10.4. The highest BCUT2D eigenvalue weighted by Crippen LogP contribution is 2.20. The molecule has 10 heteroatoms. The summed E-state index contributed by atoms with van der Waals surface area (Å²) >= 11 is 0. The number of hydrogen-bond donors (Lipinski definition) is 2. The topological polar surface area (TPSA) is 117 Å². The summed E-state index contributed by atoms with van der Waals surface area (Å²) in [6.07, 6.45) is 3.25. The first-order chi connectivity index (χ1) is 14.3. The molecule has 30 heavy (non-hydrogen) atoms. The van der Waals surface area contributed by atoms with E-state index in [4.69, 9.17) is 5.26 Å². The smallest absolute Gasteiger partial charge is 0.255 e. The molecule has 8 nitrogen and oxygen atoms in total. The second-order valence-electron chi connectivity index (χ2n) is 6.30. The van der Waals surface area contributed by atoms with Gasteiger partial charge in [0, 0.05) is 36.6 Å². The molecule has 0 saturated carbocycles. The molecule has 0 aliphatic carbocycles. The van der Waals surface area contributed by atoms with Crippen molar-refractivity contribution in [1.82, 2.24) is 14.3 Å². The summed E-state index contributed by atoms with van der Waals surface area (Å²) in [5, 5.41) is 11.1. The predicted octanol–water partition coefficient (Wildman–Crippen LogP) is 2.76. The monoisotopic (exact) mass is 427 g/mol. The second-order valence-corrected chi connectivity index (χ2v) is 8.06. The maximum Gasteiger partial charge on any atom is 0.255 e. The minimum absolute atomic E-state index is 0.00122. The third-order valence-electron chi connectivity index (χ3n) is 4.25. The predicted molar refractivity (Wildman–Crippen MR) is 108 cm³/mol. The van der Waals surface area contributed by atoms with Crippen molar-refractivity contribution in [3.8, 4) is 11.8 Å². The van der Waals surface area contributed by atoms with Crippen LogP contribution in [0.4, 0.5) is 10.1 Å². The zero-order chi connectivity index (χ0) is 21.7. The van der Waals surface area contributed by atoms with Gasteiger partial charge in [0.25, 0.3) is 5.91 Å². The summed E-state index contributed by atoms with van der Waals surface area (Å²) in [4.78, 5) is 16.4. The number of rotatable bonds is 7. The zero-order valence-corrected chi connectivity index (χ0v) is 16.8. The van der Waals surface area contributed by atoms with Gasteiger partial charge in [0.1, 0.15) is 11.6 Å². The van der Waals surface area contributed by atoms with Gasteiger partial charge in [-0.2, -0.15) is 5.26 Å². The van der Waals surface area contributed by atoms with Gasteiger partial charge in [-0.25, -0.2) is 22.5 Å². The normalized spacial score (nSPS) is 11.1. The number of amides is 1. The number of carbonyl (C=O) groups excluding carboxylic acids is 1. The van der Waals surface area contributed by atoms with Gasteiger partial charge < -0.3 is 9.88 Å². The van der Waals surface area contributed by atoms with Crippen molar-refractivity contribution in [2.45, 2.75) is 18.2 Å². The highest BCUT2D eigenvalue weighted by atomic mass is 32.2. The van der Waals surface area contributed by atoms with Gasteiger partial charge in [-0.05, 0) is 49.4 Å². The minimum Gasteiger partial charge on any atom is -0.322 e. The molecule has 0 spiro atoms. The molecule has 0 aliphatic heterocycles. The fourth-order valence-corrected chi connectivity index (χ4v) is 3.76. The average molecular weight is 427 g/mol. The molecular formula is C20H18FN5O3S. The van der Waals surface area contributed by atoms with Crippen molar-refractivity contribution in [1.29, 1.82) is 5.26 Å². The van der Waals surface area contributed by atoms with Crippen LogP contribution in [0.25, 0.3) is 5.69 Å². The molecule has 0 atom stereocenters. The van der Waals surface area contributed by atoms with Gasteiger partial charge in [0.2, 0.25) is 10.0 Å². The molecule has 0 fully saturated rings. The van der Waals surface area contributed by atoms with E-state index in [-0.39, 0.29) is 29.1 Å². The van der Waals surface area contributed by atoms with Gasteiger partial charge in [0.15, 0.2) is 0 Å². The van der Waals surface area contributed by atoms with E-state index in [0.29, 0.717) is 11.5 Å². The molecule has 3 aromatic rings. The second kappa shape index (κ2) is 8.86. The maximum absolute atomic E-state index is 14.5. The van der Waals surface area contributed by atoms with Crippen LogP contribution in [0.5, 0.6) is 0 Å². The van der Waals surface area contributed by atoms with Crippen molar-refractivity contribution in [3.63, 3.8) is 0 Å². The van der Waals surface area contributed by atoms with Crippen LogP contribution in [-0.2, 0) is 10.0 Å². The van der Waals surface area contributed by atoms with Gasteiger partial charge in [0.05, 0.1) is 16.7 Å². The molecule has 2 aromatic carbocycles. The Labute approximate surface area is 173 Å². The fourth-order valence-electron chi connectivity index (χ4n) is 2.73. The van der Waals surface area contributed by atoms with Crippen LogP contribution in [0.1, 0.15) is 22.6 Å². The minimum atomic E-state index is -3.76. The standard InChI is InChI=1S/C20H18FN5O3S/c1-14-23-11-12-26(14)19-8-5-16(13-18(19)21)25-20(27)15-3-6-17(7-4-15)30(28,29)24-10-2-9-22/h3-8,11-13,24H,2,10H2,1H3,(H,25,27). The highest BCUT2D eigenvalue weighted by Gasteiger charge is 2.15. The molecule has 0 saturated heterocycles. The van der Waals surface area contributed by atoms with Gasteiger partial charge in [-0.1, -0.05) is 0 Å². The Bertz CT molecular complexity index is 1210. The van der Waals surface area contributed by atoms with E-state index in [1.807, 2.05) is 6.07 Å². The maximum atomic E-state index is 14.5. The summed E-state index contributed by atoms with van der Waals surface area (Å²) in [6.45, 7) is 1.75. The van der Waals surface area contributed by atoms with Gasteiger partial charge in [-0.15, -0.1) is 0 Å². The van der Waals surface area contributed by atoms with Crippen molar-refractivity contribution in [3.05, 3.63) is 72.1 Å². The van der Waals surface area contributed by atoms with Crippen LogP contribution in [0.2, 0.25) is 0 Å². The summed E-state index contributed by atoms with van der Waals surface area (Å²) in [6, 6.07) is 11.4. The Balaban J connectivity index is 1.71. The molecule has 0 bridgehead atoms. The van der Waals surface area contributed by atoms with Crippen molar-refractivity contribution < 1.29 is 17.6 Å². The number of halogens is 1. The van der Waals surface area contributed by atoms with Crippen LogP contribution >= 0.6 is 0 Å². The van der Waals surface area contributed by atoms with E-state index in [2.05, 4.69) is 15.0 Å².